The lowest BCUT2D eigenvalue weighted by molar-refractivity contribution is 0.103. The summed E-state index contributed by atoms with van der Waals surface area (Å²) in [6, 6.07) is 13.9. The van der Waals surface area contributed by atoms with E-state index in [9.17, 15) is 4.79 Å². The highest BCUT2D eigenvalue weighted by Gasteiger charge is 2.14. The third kappa shape index (κ3) is 3.16. The third-order valence-electron chi connectivity index (χ3n) is 3.95. The van der Waals surface area contributed by atoms with E-state index in [-0.39, 0.29) is 5.91 Å². The summed E-state index contributed by atoms with van der Waals surface area (Å²) in [5, 5.41) is 13.4. The summed E-state index contributed by atoms with van der Waals surface area (Å²) >= 11 is 2.77. The summed E-state index contributed by atoms with van der Waals surface area (Å²) in [6.07, 6.45) is 0. The predicted octanol–water partition coefficient (Wildman–Crippen LogP) is 4.23. The van der Waals surface area contributed by atoms with Crippen molar-refractivity contribution in [1.82, 2.24) is 19.4 Å². The lowest BCUT2D eigenvalue weighted by Gasteiger charge is -2.06. The highest BCUT2D eigenvalue weighted by atomic mass is 32.1. The second kappa shape index (κ2) is 6.81. The fraction of sp³-hybridized carbons (Fsp3) is 0.111. The zero-order valence-electron chi connectivity index (χ0n) is 14.1. The number of amides is 1. The number of rotatable bonds is 4. The minimum atomic E-state index is -0.189. The number of anilines is 1. The molecule has 0 saturated heterocycles. The van der Waals surface area contributed by atoms with Crippen LogP contribution in [0, 0.1) is 6.92 Å². The van der Waals surface area contributed by atoms with Crippen LogP contribution in [-0.2, 0) is 7.05 Å². The maximum atomic E-state index is 12.2. The fourth-order valence-electron chi connectivity index (χ4n) is 2.63. The number of carbonyl (C=O) groups is 1. The van der Waals surface area contributed by atoms with Gasteiger partial charge in [0.15, 0.2) is 0 Å². The zero-order valence-corrected chi connectivity index (χ0v) is 15.8. The van der Waals surface area contributed by atoms with Gasteiger partial charge in [-0.05, 0) is 53.7 Å². The molecule has 4 rings (SSSR count). The van der Waals surface area contributed by atoms with Crippen LogP contribution in [0.4, 0.5) is 5.69 Å². The Morgan fingerprint density at radius 2 is 2.00 bits per heavy atom. The average Bonchev–Trinajstić information content (AvgIpc) is 3.36. The Bertz CT molecular complexity index is 1050. The molecule has 0 atom stereocenters. The Morgan fingerprint density at radius 3 is 2.65 bits per heavy atom. The molecule has 1 N–H and O–H groups in total. The van der Waals surface area contributed by atoms with Crippen molar-refractivity contribution in [1.29, 1.82) is 0 Å². The van der Waals surface area contributed by atoms with Crippen molar-refractivity contribution in [2.24, 2.45) is 7.05 Å². The van der Waals surface area contributed by atoms with Crippen LogP contribution in [0.25, 0.3) is 21.8 Å². The molecule has 0 fully saturated rings. The molecule has 0 radical (unpaired) electrons. The van der Waals surface area contributed by atoms with Gasteiger partial charge in [-0.1, -0.05) is 22.7 Å². The normalized spacial score (nSPS) is 10.8. The van der Waals surface area contributed by atoms with E-state index in [0.29, 0.717) is 10.6 Å². The topological polar surface area (TPSA) is 72.7 Å². The number of aryl methyl sites for hydroxylation is 2. The largest absolute Gasteiger partial charge is 0.321 e. The van der Waals surface area contributed by atoms with Gasteiger partial charge in [0.05, 0.1) is 16.3 Å². The van der Waals surface area contributed by atoms with Crippen LogP contribution in [0.1, 0.15) is 15.4 Å². The number of carbonyl (C=O) groups excluding carboxylic acids is 1. The maximum Gasteiger partial charge on any atom is 0.269 e. The van der Waals surface area contributed by atoms with Gasteiger partial charge in [-0.2, -0.15) is 5.10 Å². The molecule has 3 aromatic heterocycles. The number of hydrogen-bond donors (Lipinski definition) is 1. The molecular formula is C18H15N5OS2. The summed E-state index contributed by atoms with van der Waals surface area (Å²) in [5.41, 5.74) is 4.39. The molecule has 3 heterocycles. The van der Waals surface area contributed by atoms with Gasteiger partial charge >= 0.3 is 0 Å². The first kappa shape index (κ1) is 16.6. The van der Waals surface area contributed by atoms with E-state index in [1.807, 2.05) is 47.4 Å². The van der Waals surface area contributed by atoms with E-state index in [4.69, 9.17) is 0 Å². The van der Waals surface area contributed by atoms with Crippen LogP contribution in [0.15, 0.2) is 47.8 Å². The Labute approximate surface area is 158 Å². The highest BCUT2D eigenvalue weighted by Crippen LogP contribution is 2.29. The van der Waals surface area contributed by atoms with Crippen molar-refractivity contribution >= 4 is 34.5 Å². The Morgan fingerprint density at radius 1 is 1.19 bits per heavy atom. The molecule has 0 bridgehead atoms. The highest BCUT2D eigenvalue weighted by molar-refractivity contribution is 7.13. The lowest BCUT2D eigenvalue weighted by Crippen LogP contribution is -2.11. The summed E-state index contributed by atoms with van der Waals surface area (Å²) in [6.45, 7) is 1.77. The lowest BCUT2D eigenvalue weighted by atomic mass is 10.1. The van der Waals surface area contributed by atoms with E-state index in [0.717, 1.165) is 39.0 Å². The maximum absolute atomic E-state index is 12.2. The molecule has 4 aromatic rings. The van der Waals surface area contributed by atoms with Crippen molar-refractivity contribution in [2.45, 2.75) is 6.92 Å². The van der Waals surface area contributed by atoms with Crippen LogP contribution in [0.3, 0.4) is 0 Å². The first-order valence-corrected chi connectivity index (χ1v) is 9.56. The zero-order chi connectivity index (χ0) is 18.1. The quantitative estimate of drug-likeness (QED) is 0.574. The van der Waals surface area contributed by atoms with Crippen molar-refractivity contribution in [3.05, 3.63) is 58.4 Å². The molecule has 1 aromatic carbocycles. The van der Waals surface area contributed by atoms with Gasteiger partial charge in [-0.15, -0.1) is 16.4 Å². The SMILES string of the molecule is Cc1nnsc1C(=O)Nc1ccc(-c2cc(-c3cccs3)nn2C)cc1. The summed E-state index contributed by atoms with van der Waals surface area (Å²) in [7, 11) is 1.93. The second-order valence-electron chi connectivity index (χ2n) is 5.73. The first-order valence-electron chi connectivity index (χ1n) is 7.90. The van der Waals surface area contributed by atoms with Crippen molar-refractivity contribution in [3.8, 4) is 21.8 Å². The Kier molecular flexibility index (Phi) is 4.36. The van der Waals surface area contributed by atoms with Crippen molar-refractivity contribution in [3.63, 3.8) is 0 Å². The van der Waals surface area contributed by atoms with Gasteiger partial charge < -0.3 is 5.32 Å². The standard InChI is InChI=1S/C18H15N5OS2/c1-11-17(26-22-20-11)18(24)19-13-7-5-12(6-8-13)15-10-14(21-23(15)2)16-4-3-9-25-16/h3-10H,1-2H3,(H,19,24). The monoisotopic (exact) mass is 381 g/mol. The van der Waals surface area contributed by atoms with E-state index in [1.165, 1.54) is 0 Å². The smallest absolute Gasteiger partial charge is 0.269 e. The molecule has 26 heavy (non-hydrogen) atoms. The van der Waals surface area contributed by atoms with Crippen LogP contribution in [0.2, 0.25) is 0 Å². The Balaban J connectivity index is 1.55. The molecule has 1 amide bonds. The van der Waals surface area contributed by atoms with Crippen LogP contribution >= 0.6 is 22.9 Å². The summed E-state index contributed by atoms with van der Waals surface area (Å²) in [5.74, 6) is -0.189. The van der Waals surface area contributed by atoms with Crippen molar-refractivity contribution < 1.29 is 4.79 Å². The summed E-state index contributed by atoms with van der Waals surface area (Å²) < 4.78 is 5.66. The Hall–Kier alpha value is -2.84. The van der Waals surface area contributed by atoms with E-state index < -0.39 is 0 Å². The number of benzene rings is 1. The first-order chi connectivity index (χ1) is 12.6. The molecule has 0 aliphatic carbocycles. The molecule has 8 heteroatoms. The van der Waals surface area contributed by atoms with Gasteiger partial charge in [0, 0.05) is 12.7 Å². The summed E-state index contributed by atoms with van der Waals surface area (Å²) in [4.78, 5) is 13.9. The molecule has 0 spiro atoms. The minimum Gasteiger partial charge on any atom is -0.321 e. The molecule has 0 unspecified atom stereocenters. The van der Waals surface area contributed by atoms with Gasteiger partial charge in [0.2, 0.25) is 0 Å². The second-order valence-corrected chi connectivity index (χ2v) is 7.44. The number of nitrogens with zero attached hydrogens (tertiary/aromatic N) is 4. The third-order valence-corrected chi connectivity index (χ3v) is 5.67. The number of thiophene rings is 1. The van der Waals surface area contributed by atoms with Crippen molar-refractivity contribution in [2.75, 3.05) is 5.32 Å². The molecule has 0 saturated carbocycles. The van der Waals surface area contributed by atoms with Gasteiger partial charge in [0.1, 0.15) is 10.6 Å². The van der Waals surface area contributed by atoms with E-state index in [1.54, 1.807) is 18.3 Å². The number of aromatic nitrogens is 4. The molecule has 6 nitrogen and oxygen atoms in total. The molecule has 0 aliphatic rings. The number of hydrogen-bond acceptors (Lipinski definition) is 6. The van der Waals surface area contributed by atoms with Gasteiger partial charge in [-0.25, -0.2) is 0 Å². The minimum absolute atomic E-state index is 0.189. The molecule has 0 aliphatic heterocycles. The molecular weight excluding hydrogens is 366 g/mol. The average molecular weight is 381 g/mol. The van der Waals surface area contributed by atoms with Gasteiger partial charge in [0.25, 0.3) is 5.91 Å². The fourth-order valence-corrected chi connectivity index (χ4v) is 3.87. The van der Waals surface area contributed by atoms with Gasteiger partial charge in [-0.3, -0.25) is 9.48 Å². The predicted molar refractivity (Wildman–Crippen MR) is 105 cm³/mol. The van der Waals surface area contributed by atoms with Crippen LogP contribution in [-0.4, -0.2) is 25.3 Å². The van der Waals surface area contributed by atoms with Crippen LogP contribution in [0.5, 0.6) is 0 Å². The number of nitrogens with one attached hydrogen (secondary N) is 1. The van der Waals surface area contributed by atoms with E-state index in [2.05, 4.69) is 32.1 Å². The van der Waals surface area contributed by atoms with Crippen LogP contribution < -0.4 is 5.32 Å². The molecule has 130 valence electrons. The van der Waals surface area contributed by atoms with E-state index >= 15 is 0 Å².